The predicted octanol–water partition coefficient (Wildman–Crippen LogP) is 2.30. The molecule has 0 saturated heterocycles. The van der Waals surface area contributed by atoms with Gasteiger partial charge < -0.3 is 10.6 Å². The summed E-state index contributed by atoms with van der Waals surface area (Å²) < 4.78 is 0. The van der Waals surface area contributed by atoms with Gasteiger partial charge in [0.05, 0.1) is 11.3 Å². The number of hydrogen-bond acceptors (Lipinski definition) is 4. The zero-order valence-electron chi connectivity index (χ0n) is 11.2. The van der Waals surface area contributed by atoms with Gasteiger partial charge in [-0.2, -0.15) is 11.8 Å². The Labute approximate surface area is 113 Å². The van der Waals surface area contributed by atoms with Gasteiger partial charge in [0.25, 0.3) is 5.91 Å². The molecule has 2 N–H and O–H groups in total. The summed E-state index contributed by atoms with van der Waals surface area (Å²) in [5, 5.41) is 6.17. The lowest BCUT2D eigenvalue weighted by Gasteiger charge is -2.12. The summed E-state index contributed by atoms with van der Waals surface area (Å²) in [6.45, 7) is 5.56. The fourth-order valence-corrected chi connectivity index (χ4v) is 1.81. The molecule has 0 aliphatic rings. The first-order valence-corrected chi connectivity index (χ1v) is 7.56. The van der Waals surface area contributed by atoms with Crippen LogP contribution < -0.4 is 10.6 Å². The second-order valence-corrected chi connectivity index (χ2v) is 5.03. The van der Waals surface area contributed by atoms with Crippen molar-refractivity contribution >= 4 is 23.4 Å². The Morgan fingerprint density at radius 3 is 2.89 bits per heavy atom. The molecule has 18 heavy (non-hydrogen) atoms. The van der Waals surface area contributed by atoms with Crippen molar-refractivity contribution in [3.05, 3.63) is 23.5 Å². The van der Waals surface area contributed by atoms with Crippen molar-refractivity contribution in [3.8, 4) is 0 Å². The van der Waals surface area contributed by atoms with E-state index >= 15 is 0 Å². The molecular formula is C13H21N3OS. The van der Waals surface area contributed by atoms with Gasteiger partial charge >= 0.3 is 0 Å². The van der Waals surface area contributed by atoms with Crippen LogP contribution in [0.25, 0.3) is 0 Å². The molecular weight excluding hydrogens is 246 g/mol. The lowest BCUT2D eigenvalue weighted by molar-refractivity contribution is 0.0956. The van der Waals surface area contributed by atoms with Crippen molar-refractivity contribution in [1.29, 1.82) is 0 Å². The first-order valence-electron chi connectivity index (χ1n) is 6.16. The third-order valence-corrected chi connectivity index (χ3v) is 3.05. The Morgan fingerprint density at radius 1 is 1.44 bits per heavy atom. The molecule has 0 atom stereocenters. The largest absolute Gasteiger partial charge is 0.384 e. The average molecular weight is 267 g/mol. The molecule has 0 fully saturated rings. The van der Waals surface area contributed by atoms with Crippen LogP contribution in [0.1, 0.15) is 29.4 Å². The maximum absolute atomic E-state index is 12.0. The molecule has 5 heteroatoms. The Morgan fingerprint density at radius 2 is 2.22 bits per heavy atom. The molecule has 0 radical (unpaired) electrons. The van der Waals surface area contributed by atoms with E-state index in [0.29, 0.717) is 12.1 Å². The van der Waals surface area contributed by atoms with E-state index in [1.165, 1.54) is 0 Å². The topological polar surface area (TPSA) is 54.0 Å². The number of pyridine rings is 1. The SMILES string of the molecule is CCCNc1cc(C)ncc1C(=O)NCCSC. The van der Waals surface area contributed by atoms with Gasteiger partial charge in [0, 0.05) is 30.7 Å². The highest BCUT2D eigenvalue weighted by atomic mass is 32.2. The van der Waals surface area contributed by atoms with Crippen molar-refractivity contribution < 1.29 is 4.79 Å². The summed E-state index contributed by atoms with van der Waals surface area (Å²) in [7, 11) is 0. The van der Waals surface area contributed by atoms with Gasteiger partial charge in [-0.3, -0.25) is 9.78 Å². The van der Waals surface area contributed by atoms with Gasteiger partial charge in [-0.15, -0.1) is 0 Å². The first-order chi connectivity index (χ1) is 8.69. The number of anilines is 1. The fourth-order valence-electron chi connectivity index (χ4n) is 1.51. The number of aryl methyl sites for hydroxylation is 1. The number of nitrogens with zero attached hydrogens (tertiary/aromatic N) is 1. The average Bonchev–Trinajstić information content (AvgIpc) is 2.36. The number of amides is 1. The molecule has 1 amide bonds. The molecule has 0 saturated carbocycles. The maximum atomic E-state index is 12.0. The summed E-state index contributed by atoms with van der Waals surface area (Å²) in [5.41, 5.74) is 2.40. The van der Waals surface area contributed by atoms with Crippen LogP contribution in [0, 0.1) is 6.92 Å². The molecule has 1 aromatic rings. The molecule has 0 aromatic carbocycles. The number of aromatic nitrogens is 1. The molecule has 0 bridgehead atoms. The predicted molar refractivity (Wildman–Crippen MR) is 78.5 cm³/mol. The number of rotatable bonds is 7. The highest BCUT2D eigenvalue weighted by Gasteiger charge is 2.11. The Bertz CT molecular complexity index is 396. The van der Waals surface area contributed by atoms with E-state index in [1.807, 2.05) is 19.2 Å². The van der Waals surface area contributed by atoms with Gasteiger partial charge in [0.2, 0.25) is 0 Å². The fraction of sp³-hybridized carbons (Fsp3) is 0.538. The van der Waals surface area contributed by atoms with Gasteiger partial charge in [-0.25, -0.2) is 0 Å². The molecule has 1 aromatic heterocycles. The van der Waals surface area contributed by atoms with E-state index in [4.69, 9.17) is 0 Å². The highest BCUT2D eigenvalue weighted by Crippen LogP contribution is 2.15. The smallest absolute Gasteiger partial charge is 0.254 e. The summed E-state index contributed by atoms with van der Waals surface area (Å²) >= 11 is 1.71. The summed E-state index contributed by atoms with van der Waals surface area (Å²) in [5.74, 6) is 0.859. The first kappa shape index (κ1) is 14.8. The second kappa shape index (κ2) is 7.97. The molecule has 1 rings (SSSR count). The van der Waals surface area contributed by atoms with Crippen LogP contribution in [0.3, 0.4) is 0 Å². The zero-order valence-corrected chi connectivity index (χ0v) is 12.1. The van der Waals surface area contributed by atoms with Crippen LogP contribution in [-0.4, -0.2) is 36.0 Å². The van der Waals surface area contributed by atoms with E-state index in [1.54, 1.807) is 18.0 Å². The van der Waals surface area contributed by atoms with Crippen molar-refractivity contribution in [2.45, 2.75) is 20.3 Å². The normalized spacial score (nSPS) is 10.2. The van der Waals surface area contributed by atoms with Crippen molar-refractivity contribution in [2.75, 3.05) is 30.4 Å². The highest BCUT2D eigenvalue weighted by molar-refractivity contribution is 7.98. The van der Waals surface area contributed by atoms with Gasteiger partial charge in [-0.05, 0) is 25.7 Å². The van der Waals surface area contributed by atoms with E-state index < -0.39 is 0 Å². The van der Waals surface area contributed by atoms with Crippen molar-refractivity contribution in [1.82, 2.24) is 10.3 Å². The minimum Gasteiger partial charge on any atom is -0.384 e. The monoisotopic (exact) mass is 267 g/mol. The lowest BCUT2D eigenvalue weighted by atomic mass is 10.2. The van der Waals surface area contributed by atoms with E-state index in [2.05, 4.69) is 22.5 Å². The lowest BCUT2D eigenvalue weighted by Crippen LogP contribution is -2.27. The van der Waals surface area contributed by atoms with Crippen LogP contribution in [0.4, 0.5) is 5.69 Å². The van der Waals surface area contributed by atoms with E-state index in [9.17, 15) is 4.79 Å². The van der Waals surface area contributed by atoms with Gasteiger partial charge in [0.1, 0.15) is 0 Å². The summed E-state index contributed by atoms with van der Waals surface area (Å²) in [4.78, 5) is 16.2. The number of nitrogens with one attached hydrogen (secondary N) is 2. The van der Waals surface area contributed by atoms with Crippen LogP contribution in [0.5, 0.6) is 0 Å². The number of hydrogen-bond donors (Lipinski definition) is 2. The molecule has 0 aliphatic carbocycles. The van der Waals surface area contributed by atoms with Crippen molar-refractivity contribution in [3.63, 3.8) is 0 Å². The summed E-state index contributed by atoms with van der Waals surface area (Å²) in [6.07, 6.45) is 4.68. The number of carbonyl (C=O) groups is 1. The minimum absolute atomic E-state index is 0.0600. The third-order valence-electron chi connectivity index (χ3n) is 2.44. The van der Waals surface area contributed by atoms with Gasteiger partial charge in [-0.1, -0.05) is 6.92 Å². The van der Waals surface area contributed by atoms with Crippen LogP contribution in [-0.2, 0) is 0 Å². The Balaban J connectivity index is 2.75. The third kappa shape index (κ3) is 4.56. The molecule has 0 aliphatic heterocycles. The van der Waals surface area contributed by atoms with Crippen LogP contribution in [0.2, 0.25) is 0 Å². The van der Waals surface area contributed by atoms with Crippen LogP contribution in [0.15, 0.2) is 12.3 Å². The Hall–Kier alpha value is -1.23. The summed E-state index contributed by atoms with van der Waals surface area (Å²) in [6, 6.07) is 1.92. The van der Waals surface area contributed by atoms with Crippen molar-refractivity contribution in [2.24, 2.45) is 0 Å². The number of thioether (sulfide) groups is 1. The second-order valence-electron chi connectivity index (χ2n) is 4.05. The Kier molecular flexibility index (Phi) is 6.57. The maximum Gasteiger partial charge on any atom is 0.254 e. The molecule has 0 spiro atoms. The van der Waals surface area contributed by atoms with Gasteiger partial charge in [0.15, 0.2) is 0 Å². The minimum atomic E-state index is -0.0600. The number of carbonyl (C=O) groups excluding carboxylic acids is 1. The quantitative estimate of drug-likeness (QED) is 0.744. The molecule has 1 heterocycles. The van der Waals surface area contributed by atoms with Crippen LogP contribution >= 0.6 is 11.8 Å². The van der Waals surface area contributed by atoms with E-state index in [-0.39, 0.29) is 5.91 Å². The zero-order chi connectivity index (χ0) is 13.4. The van der Waals surface area contributed by atoms with E-state index in [0.717, 1.165) is 30.1 Å². The molecule has 100 valence electrons. The standard InChI is InChI=1S/C13H21N3OS/c1-4-5-14-12-8-10(2)16-9-11(12)13(17)15-6-7-18-3/h8-9H,4-7H2,1-3H3,(H,14,16)(H,15,17). The molecule has 4 nitrogen and oxygen atoms in total. The molecule has 0 unspecified atom stereocenters.